The standard InChI is InChI=1S/C19H27ClN4O2/c1-13-3-4-15(20)11-17(13)22-19(26)14(2)24-9-7-23(8-10-24)12-18(25)21-16-5-6-16/h3-4,11,14,16H,5-10,12H2,1-2H3,(H,21,25)(H,22,26). The van der Waals surface area contributed by atoms with Crippen LogP contribution in [0.15, 0.2) is 18.2 Å². The van der Waals surface area contributed by atoms with E-state index in [9.17, 15) is 9.59 Å². The molecule has 2 fully saturated rings. The minimum atomic E-state index is -0.226. The highest BCUT2D eigenvalue weighted by Gasteiger charge is 2.28. The number of amides is 2. The lowest BCUT2D eigenvalue weighted by Gasteiger charge is -2.37. The van der Waals surface area contributed by atoms with Gasteiger partial charge >= 0.3 is 0 Å². The smallest absolute Gasteiger partial charge is 0.241 e. The summed E-state index contributed by atoms with van der Waals surface area (Å²) >= 11 is 6.02. The van der Waals surface area contributed by atoms with Crippen molar-refractivity contribution in [3.05, 3.63) is 28.8 Å². The van der Waals surface area contributed by atoms with Crippen LogP contribution in [-0.4, -0.2) is 66.4 Å². The summed E-state index contributed by atoms with van der Waals surface area (Å²) in [5.41, 5.74) is 1.74. The Bertz CT molecular complexity index is 670. The number of nitrogens with zero attached hydrogens (tertiary/aromatic N) is 2. The molecule has 1 aliphatic carbocycles. The summed E-state index contributed by atoms with van der Waals surface area (Å²) < 4.78 is 0. The number of piperazine rings is 1. The maximum absolute atomic E-state index is 12.6. The molecule has 2 amide bonds. The van der Waals surface area contributed by atoms with Gasteiger partial charge in [-0.15, -0.1) is 0 Å². The van der Waals surface area contributed by atoms with Gasteiger partial charge in [0.2, 0.25) is 11.8 Å². The molecule has 1 saturated carbocycles. The summed E-state index contributed by atoms with van der Waals surface area (Å²) in [6, 6.07) is 5.67. The van der Waals surface area contributed by atoms with Gasteiger partial charge in [-0.3, -0.25) is 19.4 Å². The lowest BCUT2D eigenvalue weighted by atomic mass is 10.1. The van der Waals surface area contributed by atoms with Gasteiger partial charge in [-0.2, -0.15) is 0 Å². The first-order valence-corrected chi connectivity index (χ1v) is 9.63. The topological polar surface area (TPSA) is 64.7 Å². The molecule has 1 unspecified atom stereocenters. The predicted molar refractivity (Wildman–Crippen MR) is 103 cm³/mol. The number of hydrogen-bond acceptors (Lipinski definition) is 4. The average Bonchev–Trinajstić information content (AvgIpc) is 3.42. The zero-order valence-electron chi connectivity index (χ0n) is 15.4. The van der Waals surface area contributed by atoms with Crippen molar-refractivity contribution in [3.8, 4) is 0 Å². The van der Waals surface area contributed by atoms with E-state index in [2.05, 4.69) is 20.4 Å². The van der Waals surface area contributed by atoms with Crippen molar-refractivity contribution >= 4 is 29.1 Å². The Labute approximate surface area is 159 Å². The Morgan fingerprint density at radius 2 is 1.92 bits per heavy atom. The maximum atomic E-state index is 12.6. The van der Waals surface area contributed by atoms with E-state index in [-0.39, 0.29) is 17.9 Å². The Balaban J connectivity index is 1.46. The van der Waals surface area contributed by atoms with E-state index in [1.54, 1.807) is 6.07 Å². The lowest BCUT2D eigenvalue weighted by molar-refractivity contribution is -0.124. The van der Waals surface area contributed by atoms with Gasteiger partial charge in [0.15, 0.2) is 0 Å². The largest absolute Gasteiger partial charge is 0.352 e. The van der Waals surface area contributed by atoms with Crippen LogP contribution in [0.2, 0.25) is 5.02 Å². The minimum Gasteiger partial charge on any atom is -0.352 e. The number of halogens is 1. The summed E-state index contributed by atoms with van der Waals surface area (Å²) in [4.78, 5) is 28.8. The lowest BCUT2D eigenvalue weighted by Crippen LogP contribution is -2.54. The summed E-state index contributed by atoms with van der Waals surface area (Å²) in [6.07, 6.45) is 2.22. The van der Waals surface area contributed by atoms with Crippen molar-refractivity contribution in [2.45, 2.75) is 38.8 Å². The fraction of sp³-hybridized carbons (Fsp3) is 0.579. The second kappa shape index (κ2) is 8.37. The molecule has 6 nitrogen and oxygen atoms in total. The summed E-state index contributed by atoms with van der Waals surface area (Å²) in [5.74, 6) is 0.0819. The van der Waals surface area contributed by atoms with E-state index in [1.165, 1.54) is 0 Å². The monoisotopic (exact) mass is 378 g/mol. The molecule has 2 N–H and O–H groups in total. The molecular weight excluding hydrogens is 352 g/mol. The van der Waals surface area contributed by atoms with Crippen LogP contribution in [0.25, 0.3) is 0 Å². The van der Waals surface area contributed by atoms with Crippen LogP contribution >= 0.6 is 11.6 Å². The summed E-state index contributed by atoms with van der Waals surface area (Å²) in [5, 5.41) is 6.61. The molecule has 26 heavy (non-hydrogen) atoms. The first-order valence-electron chi connectivity index (χ1n) is 9.25. The second-order valence-electron chi connectivity index (χ2n) is 7.28. The molecule has 142 valence electrons. The predicted octanol–water partition coefficient (Wildman–Crippen LogP) is 1.87. The normalized spacial score (nSPS) is 19.8. The third-order valence-corrected chi connectivity index (χ3v) is 5.34. The molecule has 0 bridgehead atoms. The molecule has 1 saturated heterocycles. The fourth-order valence-electron chi connectivity index (χ4n) is 3.14. The van der Waals surface area contributed by atoms with Gasteiger partial charge in [-0.25, -0.2) is 0 Å². The van der Waals surface area contributed by atoms with Crippen LogP contribution in [0.5, 0.6) is 0 Å². The highest BCUT2D eigenvalue weighted by Crippen LogP contribution is 2.21. The first-order chi connectivity index (χ1) is 12.4. The number of rotatable bonds is 6. The summed E-state index contributed by atoms with van der Waals surface area (Å²) in [7, 11) is 0. The van der Waals surface area contributed by atoms with Crippen molar-refractivity contribution in [2.75, 3.05) is 38.0 Å². The molecule has 0 radical (unpaired) electrons. The molecule has 1 aromatic carbocycles. The van der Waals surface area contributed by atoms with Crippen LogP contribution in [-0.2, 0) is 9.59 Å². The van der Waals surface area contributed by atoms with Crippen LogP contribution in [0, 0.1) is 6.92 Å². The van der Waals surface area contributed by atoms with E-state index < -0.39 is 0 Å². The maximum Gasteiger partial charge on any atom is 0.241 e. The van der Waals surface area contributed by atoms with Crippen LogP contribution < -0.4 is 10.6 Å². The van der Waals surface area contributed by atoms with Gasteiger partial charge in [0.1, 0.15) is 0 Å². The molecule has 2 aliphatic rings. The van der Waals surface area contributed by atoms with Crippen LogP contribution in [0.3, 0.4) is 0 Å². The quantitative estimate of drug-likeness (QED) is 0.793. The van der Waals surface area contributed by atoms with E-state index in [0.717, 1.165) is 50.3 Å². The highest BCUT2D eigenvalue weighted by atomic mass is 35.5. The number of aryl methyl sites for hydroxylation is 1. The van der Waals surface area contributed by atoms with E-state index in [0.29, 0.717) is 17.6 Å². The van der Waals surface area contributed by atoms with E-state index >= 15 is 0 Å². The van der Waals surface area contributed by atoms with Crippen LogP contribution in [0.4, 0.5) is 5.69 Å². The number of carbonyl (C=O) groups is 2. The Morgan fingerprint density at radius 3 is 2.58 bits per heavy atom. The minimum absolute atomic E-state index is 0.0321. The van der Waals surface area contributed by atoms with Gasteiger partial charge in [0, 0.05) is 42.9 Å². The molecule has 7 heteroatoms. The van der Waals surface area contributed by atoms with Gasteiger partial charge in [0.05, 0.1) is 12.6 Å². The zero-order valence-corrected chi connectivity index (χ0v) is 16.2. The molecule has 1 atom stereocenters. The number of hydrogen-bond donors (Lipinski definition) is 2. The van der Waals surface area contributed by atoms with Crippen molar-refractivity contribution in [3.63, 3.8) is 0 Å². The molecule has 0 spiro atoms. The zero-order chi connectivity index (χ0) is 18.7. The second-order valence-corrected chi connectivity index (χ2v) is 7.71. The Hall–Kier alpha value is -1.63. The molecule has 3 rings (SSSR count). The first kappa shape index (κ1) is 19.1. The van der Waals surface area contributed by atoms with Gasteiger partial charge in [-0.05, 0) is 44.4 Å². The SMILES string of the molecule is Cc1ccc(Cl)cc1NC(=O)C(C)N1CCN(CC(=O)NC2CC2)CC1. The molecule has 1 aliphatic heterocycles. The fourth-order valence-corrected chi connectivity index (χ4v) is 3.32. The van der Waals surface area contributed by atoms with Gasteiger partial charge in [-0.1, -0.05) is 17.7 Å². The number of benzene rings is 1. The summed E-state index contributed by atoms with van der Waals surface area (Å²) in [6.45, 7) is 7.47. The van der Waals surface area contributed by atoms with E-state index in [1.807, 2.05) is 26.0 Å². The Morgan fingerprint density at radius 1 is 1.23 bits per heavy atom. The van der Waals surface area contributed by atoms with Crippen molar-refractivity contribution < 1.29 is 9.59 Å². The highest BCUT2D eigenvalue weighted by molar-refractivity contribution is 6.31. The molecule has 0 aromatic heterocycles. The van der Waals surface area contributed by atoms with Crippen molar-refractivity contribution in [2.24, 2.45) is 0 Å². The number of anilines is 1. The molecule has 1 heterocycles. The van der Waals surface area contributed by atoms with Crippen LogP contribution in [0.1, 0.15) is 25.3 Å². The third-order valence-electron chi connectivity index (χ3n) is 5.10. The molecular formula is C19H27ClN4O2. The van der Waals surface area contributed by atoms with Gasteiger partial charge < -0.3 is 10.6 Å². The van der Waals surface area contributed by atoms with Crippen molar-refractivity contribution in [1.29, 1.82) is 0 Å². The Kier molecular flexibility index (Phi) is 6.16. The number of carbonyl (C=O) groups excluding carboxylic acids is 2. The average molecular weight is 379 g/mol. The van der Waals surface area contributed by atoms with Gasteiger partial charge in [0.25, 0.3) is 0 Å². The van der Waals surface area contributed by atoms with Crippen molar-refractivity contribution in [1.82, 2.24) is 15.1 Å². The number of nitrogens with one attached hydrogen (secondary N) is 2. The van der Waals surface area contributed by atoms with E-state index in [4.69, 9.17) is 11.6 Å². The third kappa shape index (κ3) is 5.19. The molecule has 1 aromatic rings.